The Bertz CT molecular complexity index is 876. The van der Waals surface area contributed by atoms with Gasteiger partial charge in [0, 0.05) is 13.5 Å². The summed E-state index contributed by atoms with van der Waals surface area (Å²) in [5.41, 5.74) is 2.60. The molecule has 0 heterocycles. The van der Waals surface area contributed by atoms with E-state index in [2.05, 4.69) is 101 Å². The lowest BCUT2D eigenvalue weighted by Crippen LogP contribution is -2.37. The van der Waals surface area contributed by atoms with Crippen LogP contribution in [0, 0.1) is 23.7 Å². The predicted octanol–water partition coefficient (Wildman–Crippen LogP) is 7.31. The number of carbonyl (C=O) groups excluding carboxylic acids is 1. The Labute approximate surface area is 195 Å². The second-order valence-corrected chi connectivity index (χ2v) is 17.1. The average molecular weight is 449 g/mol. The molecular formula is C29H40O2Si. The van der Waals surface area contributed by atoms with E-state index in [0.717, 1.165) is 6.42 Å². The Kier molecular flexibility index (Phi) is 6.42. The van der Waals surface area contributed by atoms with Gasteiger partial charge in [-0.15, -0.1) is 0 Å². The highest BCUT2D eigenvalue weighted by Crippen LogP contribution is 2.72. The first-order valence-electron chi connectivity index (χ1n) is 12.5. The van der Waals surface area contributed by atoms with E-state index in [-0.39, 0.29) is 23.4 Å². The average Bonchev–Trinajstić information content (AvgIpc) is 3.47. The van der Waals surface area contributed by atoms with Crippen LogP contribution in [0.3, 0.4) is 0 Å². The number of ether oxygens (including phenoxy) is 1. The molecule has 2 aliphatic carbocycles. The van der Waals surface area contributed by atoms with Crippen LogP contribution in [0.2, 0.25) is 25.2 Å². The largest absolute Gasteiger partial charge is 0.462 e. The predicted molar refractivity (Wildman–Crippen MR) is 135 cm³/mol. The maximum absolute atomic E-state index is 14.0. The summed E-state index contributed by atoms with van der Waals surface area (Å²) >= 11 is 0. The molecule has 3 unspecified atom stereocenters. The zero-order valence-corrected chi connectivity index (χ0v) is 21.7. The van der Waals surface area contributed by atoms with Crippen molar-refractivity contribution >= 4 is 14.0 Å². The molecule has 0 radical (unpaired) electrons. The summed E-state index contributed by atoms with van der Waals surface area (Å²) in [5, 5.41) is 0. The van der Waals surface area contributed by atoms with Gasteiger partial charge in [-0.2, -0.15) is 0 Å². The molecule has 0 saturated heterocycles. The number of esters is 1. The van der Waals surface area contributed by atoms with E-state index >= 15 is 0 Å². The number of hydrogen-bond acceptors (Lipinski definition) is 2. The fourth-order valence-corrected chi connectivity index (χ4v) is 9.86. The zero-order chi connectivity index (χ0) is 23.1. The summed E-state index contributed by atoms with van der Waals surface area (Å²) in [6.07, 6.45) is 3.47. The maximum atomic E-state index is 14.0. The van der Waals surface area contributed by atoms with Crippen molar-refractivity contribution in [2.45, 2.75) is 76.7 Å². The summed E-state index contributed by atoms with van der Waals surface area (Å²) in [5.74, 6) is 1.59. The third-order valence-electron chi connectivity index (χ3n) is 8.12. The smallest absolute Gasteiger partial charge is 0.310 e. The fourth-order valence-electron chi connectivity index (χ4n) is 6.68. The SMILES string of the molecule is CC(C)[C@@H]1CC[C@@H](C)CC1OC(=O)C1C([Si](C)(C)C)C1(c1ccccc1)c1ccccc1. The van der Waals surface area contributed by atoms with Gasteiger partial charge in [0.2, 0.25) is 0 Å². The van der Waals surface area contributed by atoms with Crippen molar-refractivity contribution in [3.63, 3.8) is 0 Å². The van der Waals surface area contributed by atoms with Crippen molar-refractivity contribution in [2.24, 2.45) is 23.7 Å². The standard InChI is InChI=1S/C29H40O2Si/c1-20(2)24-18-17-21(3)19-25(24)31-28(30)26-27(32(4,5)6)29(26,22-13-9-7-10-14-22)23-15-11-8-12-16-23/h7-16,20-21,24-27H,17-19H2,1-6H3/t21-,24+,25?,26?,27?/m1/s1. The summed E-state index contributed by atoms with van der Waals surface area (Å²) in [6, 6.07) is 21.4. The molecule has 2 fully saturated rings. The maximum Gasteiger partial charge on any atom is 0.310 e. The number of benzene rings is 2. The summed E-state index contributed by atoms with van der Waals surface area (Å²) in [4.78, 5) is 14.0. The molecule has 0 amide bonds. The van der Waals surface area contributed by atoms with E-state index in [0.29, 0.717) is 23.3 Å². The second-order valence-electron chi connectivity index (χ2n) is 11.7. The van der Waals surface area contributed by atoms with Crippen molar-refractivity contribution in [3.8, 4) is 0 Å². The summed E-state index contributed by atoms with van der Waals surface area (Å²) in [6.45, 7) is 14.1. The van der Waals surface area contributed by atoms with Crippen LogP contribution in [-0.4, -0.2) is 20.1 Å². The van der Waals surface area contributed by atoms with Crippen molar-refractivity contribution in [3.05, 3.63) is 71.8 Å². The van der Waals surface area contributed by atoms with Gasteiger partial charge in [-0.1, -0.05) is 107 Å². The van der Waals surface area contributed by atoms with E-state index in [1.165, 1.54) is 24.0 Å². The topological polar surface area (TPSA) is 26.3 Å². The molecule has 2 aliphatic rings. The fraction of sp³-hybridized carbons (Fsp3) is 0.552. The number of hydrogen-bond donors (Lipinski definition) is 0. The van der Waals surface area contributed by atoms with Crippen LogP contribution in [0.4, 0.5) is 0 Å². The summed E-state index contributed by atoms with van der Waals surface area (Å²) in [7, 11) is -1.67. The van der Waals surface area contributed by atoms with Crippen molar-refractivity contribution in [1.29, 1.82) is 0 Å². The van der Waals surface area contributed by atoms with Gasteiger partial charge in [0.15, 0.2) is 0 Å². The monoisotopic (exact) mass is 448 g/mol. The van der Waals surface area contributed by atoms with Crippen LogP contribution >= 0.6 is 0 Å². The van der Waals surface area contributed by atoms with Gasteiger partial charge in [0.05, 0.1) is 5.92 Å². The Balaban J connectivity index is 1.73. The molecule has 5 atom stereocenters. The molecule has 2 aromatic rings. The Morgan fingerprint density at radius 1 is 0.938 bits per heavy atom. The van der Waals surface area contributed by atoms with Crippen molar-refractivity contribution < 1.29 is 9.53 Å². The van der Waals surface area contributed by atoms with E-state index in [4.69, 9.17) is 4.74 Å². The van der Waals surface area contributed by atoms with Gasteiger partial charge in [-0.25, -0.2) is 0 Å². The first kappa shape index (κ1) is 23.3. The third kappa shape index (κ3) is 4.09. The quantitative estimate of drug-likeness (QED) is 0.342. The van der Waals surface area contributed by atoms with Gasteiger partial charge in [0.25, 0.3) is 0 Å². The van der Waals surface area contributed by atoms with Crippen LogP contribution in [-0.2, 0) is 14.9 Å². The highest BCUT2D eigenvalue weighted by Gasteiger charge is 2.73. The minimum absolute atomic E-state index is 0.0369. The van der Waals surface area contributed by atoms with E-state index < -0.39 is 8.07 Å². The van der Waals surface area contributed by atoms with Crippen LogP contribution < -0.4 is 0 Å². The number of carbonyl (C=O) groups is 1. The summed E-state index contributed by atoms with van der Waals surface area (Å²) < 4.78 is 6.47. The molecule has 0 bridgehead atoms. The molecule has 0 aliphatic heterocycles. The van der Waals surface area contributed by atoms with Crippen LogP contribution in [0.1, 0.15) is 51.2 Å². The van der Waals surface area contributed by atoms with Crippen molar-refractivity contribution in [2.75, 3.05) is 0 Å². The molecular weight excluding hydrogens is 408 g/mol. The van der Waals surface area contributed by atoms with E-state index in [1.54, 1.807) is 0 Å². The van der Waals surface area contributed by atoms with Crippen LogP contribution in [0.15, 0.2) is 60.7 Å². The highest BCUT2D eigenvalue weighted by atomic mass is 28.3. The molecule has 3 heteroatoms. The first-order chi connectivity index (χ1) is 15.2. The van der Waals surface area contributed by atoms with Crippen molar-refractivity contribution in [1.82, 2.24) is 0 Å². The zero-order valence-electron chi connectivity index (χ0n) is 20.7. The minimum Gasteiger partial charge on any atom is -0.462 e. The molecule has 172 valence electrons. The Morgan fingerprint density at radius 3 is 1.94 bits per heavy atom. The minimum atomic E-state index is -1.67. The molecule has 0 N–H and O–H groups in total. The molecule has 4 rings (SSSR count). The molecule has 0 aromatic heterocycles. The normalized spacial score (nSPS) is 29.5. The van der Waals surface area contributed by atoms with E-state index in [9.17, 15) is 4.79 Å². The van der Waals surface area contributed by atoms with Gasteiger partial charge < -0.3 is 4.74 Å². The number of rotatable bonds is 6. The molecule has 0 spiro atoms. The Morgan fingerprint density at radius 2 is 1.47 bits per heavy atom. The lowest BCUT2D eigenvalue weighted by atomic mass is 9.75. The molecule has 2 nitrogen and oxygen atoms in total. The highest BCUT2D eigenvalue weighted by molar-refractivity contribution is 6.79. The third-order valence-corrected chi connectivity index (χ3v) is 10.8. The van der Waals surface area contributed by atoms with Gasteiger partial charge in [0.1, 0.15) is 6.10 Å². The van der Waals surface area contributed by atoms with Crippen LogP contribution in [0.25, 0.3) is 0 Å². The first-order valence-corrected chi connectivity index (χ1v) is 16.1. The molecule has 2 aromatic carbocycles. The van der Waals surface area contributed by atoms with Gasteiger partial charge in [-0.3, -0.25) is 4.79 Å². The Hall–Kier alpha value is -1.87. The van der Waals surface area contributed by atoms with Crippen LogP contribution in [0.5, 0.6) is 0 Å². The van der Waals surface area contributed by atoms with Gasteiger partial charge in [-0.05, 0) is 47.3 Å². The lowest BCUT2D eigenvalue weighted by Gasteiger charge is -2.37. The van der Waals surface area contributed by atoms with E-state index in [1.807, 2.05) is 0 Å². The molecule has 2 saturated carbocycles. The lowest BCUT2D eigenvalue weighted by molar-refractivity contribution is -0.158. The second kappa shape index (κ2) is 8.82. The van der Waals surface area contributed by atoms with Gasteiger partial charge >= 0.3 is 5.97 Å². The molecule has 32 heavy (non-hydrogen) atoms.